The number of imidazole rings is 1. The van der Waals surface area contributed by atoms with Crippen LogP contribution in [0.15, 0.2) is 12.5 Å². The SMILES string of the molecule is CCCNCc1cncn1CC1CC2CCC1C2. The molecule has 0 aliphatic heterocycles. The van der Waals surface area contributed by atoms with Crippen molar-refractivity contribution in [2.24, 2.45) is 17.8 Å². The van der Waals surface area contributed by atoms with Crippen LogP contribution in [0.3, 0.4) is 0 Å². The van der Waals surface area contributed by atoms with Crippen molar-refractivity contribution in [1.29, 1.82) is 0 Å². The van der Waals surface area contributed by atoms with Gasteiger partial charge in [-0.3, -0.25) is 0 Å². The van der Waals surface area contributed by atoms with Crippen molar-refractivity contribution in [1.82, 2.24) is 14.9 Å². The first-order chi connectivity index (χ1) is 8.86. The molecule has 3 rings (SSSR count). The molecule has 0 spiro atoms. The predicted octanol–water partition coefficient (Wildman–Crippen LogP) is 2.82. The van der Waals surface area contributed by atoms with Crippen LogP contribution in [0.2, 0.25) is 0 Å². The molecule has 0 aromatic carbocycles. The summed E-state index contributed by atoms with van der Waals surface area (Å²) >= 11 is 0. The normalized spacial score (nSPS) is 30.2. The molecule has 2 fully saturated rings. The average molecular weight is 247 g/mol. The maximum atomic E-state index is 4.33. The van der Waals surface area contributed by atoms with Crippen LogP contribution in [-0.2, 0) is 13.1 Å². The molecule has 1 N–H and O–H groups in total. The molecule has 0 amide bonds. The summed E-state index contributed by atoms with van der Waals surface area (Å²) in [6.45, 7) is 5.47. The first kappa shape index (κ1) is 12.2. The van der Waals surface area contributed by atoms with Crippen LogP contribution in [0.25, 0.3) is 0 Å². The van der Waals surface area contributed by atoms with Gasteiger partial charge in [-0.15, -0.1) is 0 Å². The summed E-state index contributed by atoms with van der Waals surface area (Å²) in [5, 5.41) is 3.48. The van der Waals surface area contributed by atoms with E-state index in [0.29, 0.717) is 0 Å². The van der Waals surface area contributed by atoms with Crippen molar-refractivity contribution in [3.05, 3.63) is 18.2 Å². The Morgan fingerprint density at radius 1 is 1.39 bits per heavy atom. The Balaban J connectivity index is 1.57. The number of hydrogen-bond donors (Lipinski definition) is 1. The average Bonchev–Trinajstić information content (AvgIpc) is 3.07. The van der Waals surface area contributed by atoms with Crippen LogP contribution < -0.4 is 5.32 Å². The quantitative estimate of drug-likeness (QED) is 0.783. The zero-order valence-electron chi connectivity index (χ0n) is 11.4. The van der Waals surface area contributed by atoms with E-state index in [-0.39, 0.29) is 0 Å². The van der Waals surface area contributed by atoms with Gasteiger partial charge in [0.2, 0.25) is 0 Å². The van der Waals surface area contributed by atoms with E-state index in [0.717, 1.165) is 30.8 Å². The molecule has 2 aliphatic carbocycles. The van der Waals surface area contributed by atoms with E-state index in [4.69, 9.17) is 0 Å². The van der Waals surface area contributed by atoms with Crippen LogP contribution >= 0.6 is 0 Å². The van der Waals surface area contributed by atoms with Crippen LogP contribution in [0.5, 0.6) is 0 Å². The van der Waals surface area contributed by atoms with Gasteiger partial charge in [0.05, 0.1) is 12.0 Å². The maximum Gasteiger partial charge on any atom is 0.0948 e. The Labute approximate surface area is 110 Å². The lowest BCUT2D eigenvalue weighted by molar-refractivity contribution is 0.292. The molecule has 1 aromatic heterocycles. The third-order valence-corrected chi connectivity index (χ3v) is 4.85. The lowest BCUT2D eigenvalue weighted by Gasteiger charge is -2.23. The van der Waals surface area contributed by atoms with Gasteiger partial charge in [-0.05, 0) is 50.0 Å². The van der Waals surface area contributed by atoms with Gasteiger partial charge in [0.1, 0.15) is 0 Å². The van der Waals surface area contributed by atoms with Gasteiger partial charge in [0, 0.05) is 19.3 Å². The molecular formula is C15H25N3. The molecular weight excluding hydrogens is 222 g/mol. The first-order valence-corrected chi connectivity index (χ1v) is 7.56. The fourth-order valence-electron chi connectivity index (χ4n) is 3.91. The lowest BCUT2D eigenvalue weighted by atomic mass is 9.89. The molecule has 1 aromatic rings. The molecule has 3 nitrogen and oxygen atoms in total. The van der Waals surface area contributed by atoms with Crippen molar-refractivity contribution >= 4 is 0 Å². The molecule has 2 saturated carbocycles. The molecule has 2 aliphatic rings. The molecule has 18 heavy (non-hydrogen) atoms. The van der Waals surface area contributed by atoms with E-state index >= 15 is 0 Å². The van der Waals surface area contributed by atoms with E-state index in [1.54, 1.807) is 0 Å². The summed E-state index contributed by atoms with van der Waals surface area (Å²) in [6, 6.07) is 0. The summed E-state index contributed by atoms with van der Waals surface area (Å²) in [7, 11) is 0. The van der Waals surface area contributed by atoms with Crippen molar-refractivity contribution in [3.8, 4) is 0 Å². The fraction of sp³-hybridized carbons (Fsp3) is 0.800. The summed E-state index contributed by atoms with van der Waals surface area (Å²) in [6.07, 6.45) is 11.2. The van der Waals surface area contributed by atoms with Gasteiger partial charge in [-0.25, -0.2) is 4.98 Å². The maximum absolute atomic E-state index is 4.33. The summed E-state index contributed by atoms with van der Waals surface area (Å²) < 4.78 is 2.38. The number of nitrogens with one attached hydrogen (secondary N) is 1. The smallest absolute Gasteiger partial charge is 0.0948 e. The van der Waals surface area contributed by atoms with Crippen molar-refractivity contribution in [2.45, 2.75) is 52.1 Å². The Morgan fingerprint density at radius 2 is 2.33 bits per heavy atom. The van der Waals surface area contributed by atoms with Crippen molar-refractivity contribution < 1.29 is 0 Å². The number of hydrogen-bond acceptors (Lipinski definition) is 2. The Kier molecular flexibility index (Phi) is 3.69. The third-order valence-electron chi connectivity index (χ3n) is 4.85. The molecule has 100 valence electrons. The van der Waals surface area contributed by atoms with Gasteiger partial charge in [-0.1, -0.05) is 13.3 Å². The summed E-state index contributed by atoms with van der Waals surface area (Å²) in [5.41, 5.74) is 1.35. The molecule has 1 heterocycles. The second-order valence-corrected chi connectivity index (χ2v) is 6.15. The third kappa shape index (κ3) is 2.46. The minimum absolute atomic E-state index is 0.919. The highest BCUT2D eigenvalue weighted by atomic mass is 15.1. The topological polar surface area (TPSA) is 29.9 Å². The standard InChI is InChI=1S/C15H25N3/c1-2-5-16-8-15-9-17-11-18(15)10-14-7-12-3-4-13(14)6-12/h9,11-14,16H,2-8,10H2,1H3. The zero-order chi connectivity index (χ0) is 12.4. The highest BCUT2D eigenvalue weighted by Gasteiger charge is 2.39. The predicted molar refractivity (Wildman–Crippen MR) is 73.2 cm³/mol. The molecule has 0 saturated heterocycles. The molecule has 3 unspecified atom stereocenters. The minimum atomic E-state index is 0.919. The second-order valence-electron chi connectivity index (χ2n) is 6.15. The first-order valence-electron chi connectivity index (χ1n) is 7.56. The van der Waals surface area contributed by atoms with Gasteiger partial charge < -0.3 is 9.88 Å². The number of rotatable bonds is 6. The van der Waals surface area contributed by atoms with E-state index in [9.17, 15) is 0 Å². The van der Waals surface area contributed by atoms with E-state index in [1.807, 2.05) is 12.5 Å². The highest BCUT2D eigenvalue weighted by Crippen LogP contribution is 2.48. The van der Waals surface area contributed by atoms with Crippen LogP contribution in [-0.4, -0.2) is 16.1 Å². The monoisotopic (exact) mass is 247 g/mol. The Morgan fingerprint density at radius 3 is 3.06 bits per heavy atom. The van der Waals surface area contributed by atoms with Crippen molar-refractivity contribution in [3.63, 3.8) is 0 Å². The van der Waals surface area contributed by atoms with Gasteiger partial charge in [0.25, 0.3) is 0 Å². The molecule has 2 bridgehead atoms. The van der Waals surface area contributed by atoms with Crippen LogP contribution in [0.1, 0.15) is 44.7 Å². The Hall–Kier alpha value is -0.830. The van der Waals surface area contributed by atoms with E-state index in [1.165, 1.54) is 44.3 Å². The zero-order valence-corrected chi connectivity index (χ0v) is 11.4. The van der Waals surface area contributed by atoms with E-state index in [2.05, 4.69) is 21.8 Å². The highest BCUT2D eigenvalue weighted by molar-refractivity contribution is 5.00. The van der Waals surface area contributed by atoms with Gasteiger partial charge in [-0.2, -0.15) is 0 Å². The molecule has 3 heteroatoms. The summed E-state index contributed by atoms with van der Waals surface area (Å²) in [4.78, 5) is 4.33. The van der Waals surface area contributed by atoms with Crippen LogP contribution in [0.4, 0.5) is 0 Å². The fourth-order valence-corrected chi connectivity index (χ4v) is 3.91. The lowest BCUT2D eigenvalue weighted by Crippen LogP contribution is -2.21. The van der Waals surface area contributed by atoms with E-state index < -0.39 is 0 Å². The molecule has 0 radical (unpaired) electrons. The summed E-state index contributed by atoms with van der Waals surface area (Å²) in [5.74, 6) is 2.97. The van der Waals surface area contributed by atoms with Crippen LogP contribution in [0, 0.1) is 17.8 Å². The number of fused-ring (bicyclic) bond motifs is 2. The number of nitrogens with zero attached hydrogens (tertiary/aromatic N) is 2. The molecule has 3 atom stereocenters. The van der Waals surface area contributed by atoms with Gasteiger partial charge in [0.15, 0.2) is 0 Å². The minimum Gasteiger partial charge on any atom is -0.333 e. The van der Waals surface area contributed by atoms with Crippen molar-refractivity contribution in [2.75, 3.05) is 6.54 Å². The Bertz CT molecular complexity index is 385. The number of aromatic nitrogens is 2. The second kappa shape index (κ2) is 5.43. The largest absolute Gasteiger partial charge is 0.333 e. The van der Waals surface area contributed by atoms with Gasteiger partial charge >= 0.3 is 0 Å².